The van der Waals surface area contributed by atoms with Crippen molar-refractivity contribution in [2.45, 2.75) is 19.6 Å². The Morgan fingerprint density at radius 3 is 2.62 bits per heavy atom. The van der Waals surface area contributed by atoms with Gasteiger partial charge in [-0.25, -0.2) is 9.79 Å². The van der Waals surface area contributed by atoms with Gasteiger partial charge in [-0.2, -0.15) is 0 Å². The molecule has 1 aliphatic heterocycles. The minimum atomic E-state index is -0.662. The quantitative estimate of drug-likeness (QED) is 0.195. The number of thiazole rings is 1. The molecule has 6 nitrogen and oxygen atoms in total. The number of hydrogen-bond acceptors (Lipinski definition) is 7. The van der Waals surface area contributed by atoms with Crippen LogP contribution < -0.4 is 19.6 Å². The number of fused-ring (bicyclic) bond motifs is 1. The highest BCUT2D eigenvalue weighted by Crippen LogP contribution is 2.36. The predicted octanol–water partition coefficient (Wildman–Crippen LogP) is 6.23. The summed E-state index contributed by atoms with van der Waals surface area (Å²) in [6.07, 6.45) is 1.83. The number of hydrogen-bond donors (Lipinski definition) is 0. The lowest BCUT2D eigenvalue weighted by molar-refractivity contribution is -0.138. The molecular weight excluding hydrogens is 588 g/mol. The summed E-state index contributed by atoms with van der Waals surface area (Å²) < 4.78 is 13.6. The highest BCUT2D eigenvalue weighted by Gasteiger charge is 2.35. The maximum absolute atomic E-state index is 14.0. The van der Waals surface area contributed by atoms with Crippen LogP contribution in [0.3, 0.4) is 0 Å². The van der Waals surface area contributed by atoms with Crippen molar-refractivity contribution in [1.82, 2.24) is 4.57 Å². The number of carbonyl (C=O) groups is 1. The number of rotatable bonds is 8. The highest BCUT2D eigenvalue weighted by atomic mass is 35.5. The third-order valence-electron chi connectivity index (χ3n) is 6.64. The number of carbonyl (C=O) groups excluding carboxylic acids is 1. The zero-order valence-electron chi connectivity index (χ0n) is 22.5. The van der Waals surface area contributed by atoms with Crippen LogP contribution in [0.1, 0.15) is 34.5 Å². The van der Waals surface area contributed by atoms with E-state index >= 15 is 0 Å². The molecule has 0 N–H and O–H groups in total. The summed E-state index contributed by atoms with van der Waals surface area (Å²) >= 11 is 8.88. The van der Waals surface area contributed by atoms with Crippen molar-refractivity contribution >= 4 is 52.0 Å². The van der Waals surface area contributed by atoms with Crippen molar-refractivity contribution in [2.24, 2.45) is 4.99 Å². The molecule has 0 radical (unpaired) electrons. The van der Waals surface area contributed by atoms with Gasteiger partial charge in [0.25, 0.3) is 5.56 Å². The van der Waals surface area contributed by atoms with Crippen molar-refractivity contribution in [2.75, 3.05) is 6.61 Å². The van der Waals surface area contributed by atoms with Crippen LogP contribution in [0.25, 0.3) is 11.8 Å². The molecule has 0 bridgehead atoms. The summed E-state index contributed by atoms with van der Waals surface area (Å²) in [5.74, 6) is 0.182. The number of thiophene rings is 1. The van der Waals surface area contributed by atoms with Crippen molar-refractivity contribution < 1.29 is 14.3 Å². The van der Waals surface area contributed by atoms with E-state index in [9.17, 15) is 9.59 Å². The predicted molar refractivity (Wildman–Crippen MR) is 168 cm³/mol. The number of aromatic nitrogens is 1. The fourth-order valence-electron chi connectivity index (χ4n) is 4.80. The molecule has 2 aromatic heterocycles. The molecule has 5 aromatic rings. The van der Waals surface area contributed by atoms with Gasteiger partial charge in [-0.3, -0.25) is 9.36 Å². The standard InChI is InChI=1S/C33H25ClN2O4S2/c1-2-39-32(38)28-29(23-11-4-3-5-12-23)35-33-36(30(28)26-15-8-16-41-26)31(37)27(42-33)19-21-9-7-14-25(18-21)40-20-22-10-6-13-24(34)17-22/h3-19,30H,2,20H2,1H3/b27-19-/t30-/m1/s1. The lowest BCUT2D eigenvalue weighted by Gasteiger charge is -2.24. The Morgan fingerprint density at radius 1 is 1.02 bits per heavy atom. The number of benzene rings is 3. The molecule has 0 saturated heterocycles. The maximum atomic E-state index is 14.0. The Balaban J connectivity index is 1.45. The van der Waals surface area contributed by atoms with E-state index in [-0.39, 0.29) is 12.2 Å². The van der Waals surface area contributed by atoms with Gasteiger partial charge < -0.3 is 9.47 Å². The fraction of sp³-hybridized carbons (Fsp3) is 0.121. The summed E-state index contributed by atoms with van der Waals surface area (Å²) in [6, 6.07) is 27.8. The Bertz CT molecular complexity index is 1960. The van der Waals surface area contributed by atoms with Crippen LogP contribution in [0.15, 0.2) is 112 Å². The summed E-state index contributed by atoms with van der Waals surface area (Å²) in [7, 11) is 0. The molecule has 3 heterocycles. The van der Waals surface area contributed by atoms with Gasteiger partial charge in [-0.05, 0) is 59.8 Å². The Labute approximate surface area is 255 Å². The highest BCUT2D eigenvalue weighted by molar-refractivity contribution is 7.10. The first kappa shape index (κ1) is 27.9. The van der Waals surface area contributed by atoms with Gasteiger partial charge in [0.1, 0.15) is 18.4 Å². The number of ether oxygens (including phenoxy) is 2. The van der Waals surface area contributed by atoms with Crippen molar-refractivity contribution in [1.29, 1.82) is 0 Å². The Hall–Kier alpha value is -4.24. The minimum Gasteiger partial charge on any atom is -0.489 e. The molecule has 0 aliphatic carbocycles. The van der Waals surface area contributed by atoms with Gasteiger partial charge in [-0.1, -0.05) is 83.6 Å². The molecule has 0 amide bonds. The van der Waals surface area contributed by atoms with Crippen LogP contribution in [-0.2, 0) is 16.1 Å². The lowest BCUT2D eigenvalue weighted by atomic mass is 9.97. The first-order chi connectivity index (χ1) is 20.5. The monoisotopic (exact) mass is 612 g/mol. The van der Waals surface area contributed by atoms with Crippen LogP contribution in [0.4, 0.5) is 0 Å². The first-order valence-corrected chi connectivity index (χ1v) is 15.4. The van der Waals surface area contributed by atoms with E-state index < -0.39 is 12.0 Å². The second kappa shape index (κ2) is 12.3. The normalized spacial score (nSPS) is 14.8. The number of esters is 1. The molecule has 0 spiro atoms. The molecule has 0 fully saturated rings. The van der Waals surface area contributed by atoms with E-state index in [4.69, 9.17) is 26.1 Å². The van der Waals surface area contributed by atoms with Gasteiger partial charge in [0.15, 0.2) is 4.80 Å². The second-order valence-electron chi connectivity index (χ2n) is 9.44. The van der Waals surface area contributed by atoms with Crippen LogP contribution >= 0.6 is 34.3 Å². The molecule has 1 atom stereocenters. The van der Waals surface area contributed by atoms with E-state index in [1.165, 1.54) is 22.7 Å². The third-order valence-corrected chi connectivity index (χ3v) is 8.78. The molecule has 1 aliphatic rings. The molecule has 0 saturated carbocycles. The zero-order chi connectivity index (χ0) is 29.1. The van der Waals surface area contributed by atoms with E-state index in [0.29, 0.717) is 38.0 Å². The maximum Gasteiger partial charge on any atom is 0.338 e. The van der Waals surface area contributed by atoms with Crippen molar-refractivity contribution in [3.05, 3.63) is 148 Å². The number of halogens is 1. The SMILES string of the molecule is CCOC(=O)C1=C(c2ccccc2)N=c2s/c(=C\c3cccc(OCc4cccc(Cl)c4)c3)c(=O)n2[C@@H]1c1cccs1. The zero-order valence-corrected chi connectivity index (χ0v) is 24.9. The lowest BCUT2D eigenvalue weighted by Crippen LogP contribution is -2.39. The average Bonchev–Trinajstić information content (AvgIpc) is 3.64. The van der Waals surface area contributed by atoms with E-state index in [1.54, 1.807) is 11.5 Å². The van der Waals surface area contributed by atoms with Crippen molar-refractivity contribution in [3.8, 4) is 5.75 Å². The summed E-state index contributed by atoms with van der Waals surface area (Å²) in [6.45, 7) is 2.34. The minimum absolute atomic E-state index is 0.210. The molecule has 0 unspecified atom stereocenters. The first-order valence-electron chi connectivity index (χ1n) is 13.3. The number of nitrogens with zero attached hydrogens (tertiary/aromatic N) is 2. The summed E-state index contributed by atoms with van der Waals surface area (Å²) in [5.41, 5.74) is 3.18. The Kier molecular flexibility index (Phi) is 8.19. The summed E-state index contributed by atoms with van der Waals surface area (Å²) in [4.78, 5) is 33.7. The van der Waals surface area contributed by atoms with Gasteiger partial charge in [0, 0.05) is 15.5 Å². The van der Waals surface area contributed by atoms with Crippen LogP contribution in [0, 0.1) is 0 Å². The smallest absolute Gasteiger partial charge is 0.338 e. The molecule has 9 heteroatoms. The molecule has 3 aromatic carbocycles. The Morgan fingerprint density at radius 2 is 1.86 bits per heavy atom. The molecule has 42 heavy (non-hydrogen) atoms. The van der Waals surface area contributed by atoms with Gasteiger partial charge in [-0.15, -0.1) is 11.3 Å². The van der Waals surface area contributed by atoms with Crippen LogP contribution in [-0.4, -0.2) is 17.1 Å². The van der Waals surface area contributed by atoms with E-state index in [1.807, 2.05) is 102 Å². The summed E-state index contributed by atoms with van der Waals surface area (Å²) in [5, 5.41) is 2.59. The molecule has 210 valence electrons. The van der Waals surface area contributed by atoms with Crippen molar-refractivity contribution in [3.63, 3.8) is 0 Å². The second-order valence-corrected chi connectivity index (χ2v) is 11.9. The van der Waals surface area contributed by atoms with Crippen LogP contribution in [0.5, 0.6) is 5.75 Å². The van der Waals surface area contributed by atoms with Gasteiger partial charge in [0.05, 0.1) is 22.4 Å². The van der Waals surface area contributed by atoms with Crippen LogP contribution in [0.2, 0.25) is 5.02 Å². The third kappa shape index (κ3) is 5.74. The van der Waals surface area contributed by atoms with E-state index in [0.717, 1.165) is 21.6 Å². The molecular formula is C33H25ClN2O4S2. The van der Waals surface area contributed by atoms with E-state index in [2.05, 4.69) is 0 Å². The van der Waals surface area contributed by atoms with Gasteiger partial charge in [0.2, 0.25) is 0 Å². The fourth-order valence-corrected chi connectivity index (χ4v) is 6.83. The largest absolute Gasteiger partial charge is 0.489 e. The average molecular weight is 613 g/mol. The topological polar surface area (TPSA) is 69.9 Å². The van der Waals surface area contributed by atoms with Gasteiger partial charge >= 0.3 is 5.97 Å². The molecule has 6 rings (SSSR count).